The van der Waals surface area contributed by atoms with Crippen LogP contribution in [0.1, 0.15) is 57.2 Å². The number of nitrogens with zero attached hydrogens (tertiary/aromatic N) is 2. The molecular formula is C39H48ClF5N4O4S. The lowest BCUT2D eigenvalue weighted by Gasteiger charge is -2.32. The molecule has 0 radical (unpaired) electrons. The second-order valence-corrected chi connectivity index (χ2v) is 13.4. The Morgan fingerprint density at radius 2 is 1.67 bits per heavy atom. The Balaban J connectivity index is 0.000000879. The summed E-state index contributed by atoms with van der Waals surface area (Å²) < 4.78 is 73.2. The molecule has 1 aliphatic rings. The first-order valence-electron chi connectivity index (χ1n) is 17.4. The van der Waals surface area contributed by atoms with Gasteiger partial charge in [-0.05, 0) is 36.8 Å². The maximum atomic E-state index is 14.9. The standard InChI is InChI=1S/C30H34ClF5N4O4.C7H8S.C2H6/c1-17(2)25(19(4)30(35,36)28(43)38-16-29(32,33)34)39-26(41)23-9-6-10-40(23)27(42)24(12-20-8-5-7-18(3)11-20)44-22-13-21(31)14-37-15-22;8-6-7-4-2-1-3-5-7;1-2/h5,7-8,11,13-15,17,23-25H,4,6,9-10,12,16H2,1-3H3,(H,38,43)(H,39,41);1-5,8H,6H2;1-2H3/t23?,24?,25-;;/m0../s1. The number of ether oxygens (including phenoxy) is 1. The van der Waals surface area contributed by atoms with Crippen molar-refractivity contribution in [1.29, 1.82) is 0 Å². The van der Waals surface area contributed by atoms with Gasteiger partial charge in [-0.15, -0.1) is 0 Å². The van der Waals surface area contributed by atoms with Crippen LogP contribution in [-0.4, -0.2) is 71.0 Å². The molecule has 15 heteroatoms. The van der Waals surface area contributed by atoms with Crippen molar-refractivity contribution in [3.05, 3.63) is 107 Å². The molecule has 1 fully saturated rings. The highest BCUT2D eigenvalue weighted by Crippen LogP contribution is 2.30. The maximum absolute atomic E-state index is 14.9. The summed E-state index contributed by atoms with van der Waals surface area (Å²) >= 11 is 10.2. The smallest absolute Gasteiger partial charge is 0.405 e. The number of hydrogen-bond acceptors (Lipinski definition) is 6. The minimum atomic E-state index is -4.90. The van der Waals surface area contributed by atoms with Crippen molar-refractivity contribution in [3.8, 4) is 5.75 Å². The Labute approximate surface area is 324 Å². The molecule has 8 nitrogen and oxygen atoms in total. The first kappa shape index (κ1) is 46.0. The number of aromatic nitrogens is 1. The van der Waals surface area contributed by atoms with Gasteiger partial charge in [0.05, 0.1) is 17.3 Å². The summed E-state index contributed by atoms with van der Waals surface area (Å²) in [6.07, 6.45) is -2.42. The number of amides is 3. The highest BCUT2D eigenvalue weighted by molar-refractivity contribution is 7.79. The van der Waals surface area contributed by atoms with E-state index in [1.807, 2.05) is 63.2 Å². The third kappa shape index (κ3) is 14.2. The summed E-state index contributed by atoms with van der Waals surface area (Å²) in [6.45, 7) is 10.3. The molecule has 1 saturated heterocycles. The SMILES string of the molecule is C=C([C@@H](NC(=O)C1CCCN1C(=O)C(Cc1cccc(C)c1)Oc1cncc(Cl)c1)C(C)C)C(F)(F)C(=O)NCC(F)(F)F.CC.SCc1ccccc1. The fraction of sp³-hybridized carbons (Fsp3) is 0.436. The highest BCUT2D eigenvalue weighted by Gasteiger charge is 2.48. The molecule has 2 unspecified atom stereocenters. The lowest BCUT2D eigenvalue weighted by atomic mass is 9.91. The van der Waals surface area contributed by atoms with E-state index in [1.54, 1.807) is 0 Å². The normalized spacial score (nSPS) is 15.1. The van der Waals surface area contributed by atoms with Crippen LogP contribution in [0.15, 0.2) is 85.2 Å². The van der Waals surface area contributed by atoms with Crippen LogP contribution in [0.5, 0.6) is 5.75 Å². The molecule has 0 saturated carbocycles. The number of pyridine rings is 1. The van der Waals surface area contributed by atoms with Crippen LogP contribution in [0.2, 0.25) is 5.02 Å². The fourth-order valence-electron chi connectivity index (χ4n) is 5.46. The zero-order valence-electron chi connectivity index (χ0n) is 30.9. The third-order valence-electron chi connectivity index (χ3n) is 8.08. The van der Waals surface area contributed by atoms with E-state index in [2.05, 4.69) is 41.6 Å². The number of hydrogen-bond donors (Lipinski definition) is 3. The van der Waals surface area contributed by atoms with Crippen LogP contribution < -0.4 is 15.4 Å². The lowest BCUT2D eigenvalue weighted by molar-refractivity contribution is -0.152. The number of nitrogens with one attached hydrogen (secondary N) is 2. The van der Waals surface area contributed by atoms with Crippen LogP contribution >= 0.6 is 24.2 Å². The Kier molecular flexibility index (Phi) is 18.4. The second kappa shape index (κ2) is 21.7. The minimum Gasteiger partial charge on any atom is -0.479 e. The fourth-order valence-corrected chi connectivity index (χ4v) is 5.84. The van der Waals surface area contributed by atoms with Gasteiger partial charge < -0.3 is 20.3 Å². The largest absolute Gasteiger partial charge is 0.479 e. The number of halogens is 6. The zero-order valence-corrected chi connectivity index (χ0v) is 32.6. The molecule has 3 aromatic rings. The van der Waals surface area contributed by atoms with E-state index in [0.717, 1.165) is 22.2 Å². The van der Waals surface area contributed by atoms with E-state index < -0.39 is 66.0 Å². The predicted octanol–water partition coefficient (Wildman–Crippen LogP) is 8.18. The molecule has 296 valence electrons. The third-order valence-corrected chi connectivity index (χ3v) is 8.65. The molecular weight excluding hydrogens is 751 g/mol. The average molecular weight is 799 g/mol. The topological polar surface area (TPSA) is 101 Å². The van der Waals surface area contributed by atoms with Crippen molar-refractivity contribution in [2.45, 2.75) is 89.9 Å². The monoisotopic (exact) mass is 798 g/mol. The number of aryl methyl sites for hydroxylation is 1. The van der Waals surface area contributed by atoms with Crippen LogP contribution in [0, 0.1) is 12.8 Å². The number of alkyl halides is 5. The summed E-state index contributed by atoms with van der Waals surface area (Å²) in [6, 6.07) is 16.5. The minimum absolute atomic E-state index is 0.141. The van der Waals surface area contributed by atoms with Crippen LogP contribution in [0.25, 0.3) is 0 Å². The van der Waals surface area contributed by atoms with Gasteiger partial charge in [-0.3, -0.25) is 19.4 Å². The Bertz CT molecular complexity index is 1630. The van der Waals surface area contributed by atoms with Crippen LogP contribution in [0.3, 0.4) is 0 Å². The van der Waals surface area contributed by atoms with Gasteiger partial charge in [0.1, 0.15) is 18.3 Å². The van der Waals surface area contributed by atoms with Gasteiger partial charge >= 0.3 is 12.1 Å². The first-order chi connectivity index (χ1) is 25.4. The summed E-state index contributed by atoms with van der Waals surface area (Å²) in [5.41, 5.74) is 1.95. The molecule has 2 N–H and O–H groups in total. The lowest BCUT2D eigenvalue weighted by Crippen LogP contribution is -2.55. The number of rotatable bonds is 13. The van der Waals surface area contributed by atoms with Crippen molar-refractivity contribution in [2.75, 3.05) is 13.1 Å². The molecule has 1 aliphatic heterocycles. The number of likely N-dealkylation sites (tertiary alicyclic amines) is 1. The van der Waals surface area contributed by atoms with Gasteiger partial charge in [0.15, 0.2) is 6.10 Å². The average Bonchev–Trinajstić information content (AvgIpc) is 3.63. The molecule has 3 amide bonds. The molecule has 0 aliphatic carbocycles. The van der Waals surface area contributed by atoms with Crippen molar-refractivity contribution >= 4 is 42.0 Å². The number of thiol groups is 1. The van der Waals surface area contributed by atoms with Gasteiger partial charge in [-0.25, -0.2) is 0 Å². The van der Waals surface area contributed by atoms with E-state index in [1.165, 1.54) is 42.8 Å². The molecule has 54 heavy (non-hydrogen) atoms. The highest BCUT2D eigenvalue weighted by atomic mass is 35.5. The van der Waals surface area contributed by atoms with Crippen molar-refractivity contribution in [3.63, 3.8) is 0 Å². The Morgan fingerprint density at radius 3 is 2.22 bits per heavy atom. The molecule has 0 bridgehead atoms. The van der Waals surface area contributed by atoms with Crippen LogP contribution in [0.4, 0.5) is 22.0 Å². The van der Waals surface area contributed by atoms with Crippen LogP contribution in [-0.2, 0) is 26.6 Å². The van der Waals surface area contributed by atoms with Crippen molar-refractivity contribution in [2.24, 2.45) is 5.92 Å². The molecule has 1 aromatic heterocycles. The zero-order chi connectivity index (χ0) is 40.6. The quantitative estimate of drug-likeness (QED) is 0.0921. The van der Waals surface area contributed by atoms with Gasteiger partial charge in [-0.2, -0.15) is 34.6 Å². The van der Waals surface area contributed by atoms with Gasteiger partial charge in [0.25, 0.3) is 11.8 Å². The Morgan fingerprint density at radius 1 is 1.02 bits per heavy atom. The van der Waals surface area contributed by atoms with Gasteiger partial charge in [0.2, 0.25) is 5.91 Å². The van der Waals surface area contributed by atoms with E-state index in [9.17, 15) is 36.3 Å². The van der Waals surface area contributed by atoms with Gasteiger partial charge in [0, 0.05) is 36.6 Å². The molecule has 4 rings (SSSR count). The van der Waals surface area contributed by atoms with E-state index in [-0.39, 0.29) is 30.2 Å². The van der Waals surface area contributed by atoms with Gasteiger partial charge in [-0.1, -0.05) is 106 Å². The molecule has 2 aromatic carbocycles. The predicted molar refractivity (Wildman–Crippen MR) is 204 cm³/mol. The summed E-state index contributed by atoms with van der Waals surface area (Å²) in [7, 11) is 0. The number of carbonyl (C=O) groups excluding carboxylic acids is 3. The van der Waals surface area contributed by atoms with Crippen molar-refractivity contribution in [1.82, 2.24) is 20.5 Å². The second-order valence-electron chi connectivity index (χ2n) is 12.6. The van der Waals surface area contributed by atoms with E-state index in [4.69, 9.17) is 16.3 Å². The van der Waals surface area contributed by atoms with Crippen molar-refractivity contribution < 1.29 is 41.1 Å². The molecule has 0 spiro atoms. The first-order valence-corrected chi connectivity index (χ1v) is 18.4. The number of carbonyl (C=O) groups is 3. The molecule has 2 heterocycles. The van der Waals surface area contributed by atoms with E-state index >= 15 is 0 Å². The molecule has 3 atom stereocenters. The summed E-state index contributed by atoms with van der Waals surface area (Å²) in [5, 5.41) is 3.89. The maximum Gasteiger partial charge on any atom is 0.405 e. The summed E-state index contributed by atoms with van der Waals surface area (Å²) in [5.74, 6) is -7.58. The summed E-state index contributed by atoms with van der Waals surface area (Å²) in [4.78, 5) is 44.6. The Hall–Kier alpha value is -4.17. The van der Waals surface area contributed by atoms with E-state index in [0.29, 0.717) is 6.42 Å². The number of benzene rings is 2.